The molecule has 0 spiro atoms. The standard InChI is InChI=1S/3C26H20N2.Ru/c3*1-3-7-21(8-4-1)11-13-23-15-17-27-25(19-23)26-20-24(16-18-28-26)14-12-22-9-5-2-6-10-22;/h3*1-20H;/b3*13-11+,14-12+;. The largest absolute Gasteiger partial charge is 0.255 e. The Morgan fingerprint density at radius 3 is 0.424 bits per heavy atom. The van der Waals surface area contributed by atoms with Crippen LogP contribution in [-0.2, 0) is 19.5 Å². The van der Waals surface area contributed by atoms with Gasteiger partial charge in [0.1, 0.15) is 0 Å². The zero-order valence-corrected chi connectivity index (χ0v) is 48.4. The van der Waals surface area contributed by atoms with Crippen molar-refractivity contribution in [2.75, 3.05) is 0 Å². The monoisotopic (exact) mass is 1180 g/mol. The summed E-state index contributed by atoms with van der Waals surface area (Å²) in [6, 6.07) is 86.0. The third-order valence-corrected chi connectivity index (χ3v) is 13.1. The summed E-state index contributed by atoms with van der Waals surface area (Å²) in [5.74, 6) is 0. The molecule has 410 valence electrons. The molecule has 12 rings (SSSR count). The predicted octanol–water partition coefficient (Wildman–Crippen LogP) is 19.5. The maximum absolute atomic E-state index is 4.50. The molecule has 0 saturated heterocycles. The van der Waals surface area contributed by atoms with Gasteiger partial charge >= 0.3 is 0 Å². The summed E-state index contributed by atoms with van der Waals surface area (Å²) in [6.07, 6.45) is 36.2. The van der Waals surface area contributed by atoms with Crippen LogP contribution in [0.4, 0.5) is 0 Å². The van der Waals surface area contributed by atoms with Crippen molar-refractivity contribution in [2.45, 2.75) is 0 Å². The van der Waals surface area contributed by atoms with E-state index >= 15 is 0 Å². The molecule has 0 N–H and O–H groups in total. The average Bonchev–Trinajstić information content (AvgIpc) is 3.69. The van der Waals surface area contributed by atoms with Crippen LogP contribution >= 0.6 is 0 Å². The summed E-state index contributed by atoms with van der Waals surface area (Å²) in [4.78, 5) is 27.0. The summed E-state index contributed by atoms with van der Waals surface area (Å²) in [5, 5.41) is 0. The quantitative estimate of drug-likeness (QED) is 0.0952. The number of nitrogens with zero attached hydrogens (tertiary/aromatic N) is 6. The molecule has 0 fully saturated rings. The molecular weight excluding hydrogens is 1120 g/mol. The van der Waals surface area contributed by atoms with Gasteiger partial charge in [-0.05, 0) is 140 Å². The van der Waals surface area contributed by atoms with Crippen molar-refractivity contribution in [3.8, 4) is 34.2 Å². The smallest absolute Gasteiger partial charge is 0.0892 e. The molecule has 6 nitrogen and oxygen atoms in total. The molecule has 0 aliphatic carbocycles. The van der Waals surface area contributed by atoms with Crippen LogP contribution in [0.15, 0.2) is 292 Å². The van der Waals surface area contributed by atoms with Crippen molar-refractivity contribution in [1.82, 2.24) is 29.9 Å². The third kappa shape index (κ3) is 19.2. The maximum Gasteiger partial charge on any atom is 0.0892 e. The summed E-state index contributed by atoms with van der Waals surface area (Å²) in [5.41, 5.74) is 18.8. The topological polar surface area (TPSA) is 77.3 Å². The maximum atomic E-state index is 4.50. The Kier molecular flexibility index (Phi) is 22.2. The number of hydrogen-bond donors (Lipinski definition) is 0. The van der Waals surface area contributed by atoms with E-state index in [2.05, 4.69) is 212 Å². The summed E-state index contributed by atoms with van der Waals surface area (Å²) < 4.78 is 0. The van der Waals surface area contributed by atoms with Crippen LogP contribution < -0.4 is 0 Å². The minimum atomic E-state index is 0. The molecule has 6 aromatic heterocycles. The van der Waals surface area contributed by atoms with Crippen LogP contribution in [0, 0.1) is 0 Å². The van der Waals surface area contributed by atoms with Crippen molar-refractivity contribution in [2.24, 2.45) is 0 Å². The van der Waals surface area contributed by atoms with Crippen molar-refractivity contribution < 1.29 is 19.5 Å². The molecule has 0 saturated carbocycles. The van der Waals surface area contributed by atoms with Gasteiger partial charge in [0.2, 0.25) is 0 Å². The van der Waals surface area contributed by atoms with Crippen molar-refractivity contribution in [3.63, 3.8) is 0 Å². The van der Waals surface area contributed by atoms with Crippen molar-refractivity contribution >= 4 is 72.9 Å². The van der Waals surface area contributed by atoms with Crippen molar-refractivity contribution in [3.05, 3.63) is 359 Å². The molecular formula is C78H60N6Ru. The Morgan fingerprint density at radius 2 is 0.282 bits per heavy atom. The molecule has 85 heavy (non-hydrogen) atoms. The number of aromatic nitrogens is 6. The van der Waals surface area contributed by atoms with Gasteiger partial charge in [0.05, 0.1) is 34.2 Å². The molecule has 0 aliphatic heterocycles. The SMILES string of the molecule is C(=C\c1ccnc(-c2cc(/C=C/c3ccccc3)ccn2)c1)/c1ccccc1.C(=C\c1ccnc(-c2cc(/C=C/c3ccccc3)ccn2)c1)/c1ccccc1.C(=C\c1ccnc(-c2cc(/C=C/c3ccccc3)ccn2)c1)/c1ccccc1.[Ru]. The van der Waals surface area contributed by atoms with E-state index in [-0.39, 0.29) is 19.5 Å². The molecule has 6 aromatic carbocycles. The fourth-order valence-corrected chi connectivity index (χ4v) is 8.68. The fourth-order valence-electron chi connectivity index (χ4n) is 8.68. The van der Waals surface area contributed by atoms with Crippen LogP contribution in [0.25, 0.3) is 107 Å². The van der Waals surface area contributed by atoms with Crippen LogP contribution in [0.5, 0.6) is 0 Å². The first kappa shape index (κ1) is 58.9. The fraction of sp³-hybridized carbons (Fsp3) is 0. The van der Waals surface area contributed by atoms with E-state index in [0.717, 1.165) is 67.5 Å². The van der Waals surface area contributed by atoms with E-state index in [4.69, 9.17) is 0 Å². The minimum Gasteiger partial charge on any atom is -0.255 e. The molecule has 12 aromatic rings. The molecule has 0 amide bonds. The first-order chi connectivity index (χ1) is 41.6. The van der Waals surface area contributed by atoms with E-state index in [1.54, 1.807) is 0 Å². The second kappa shape index (κ2) is 32.1. The van der Waals surface area contributed by atoms with Gasteiger partial charge in [-0.2, -0.15) is 0 Å². The Balaban J connectivity index is 0.000000152. The number of pyridine rings is 6. The Morgan fingerprint density at radius 1 is 0.153 bits per heavy atom. The van der Waals surface area contributed by atoms with Crippen LogP contribution in [0.1, 0.15) is 66.8 Å². The van der Waals surface area contributed by atoms with E-state index in [1.165, 1.54) is 33.4 Å². The minimum absolute atomic E-state index is 0. The first-order valence-corrected chi connectivity index (χ1v) is 27.8. The van der Waals surface area contributed by atoms with Gasteiger partial charge in [-0.25, -0.2) is 0 Å². The number of hydrogen-bond acceptors (Lipinski definition) is 6. The molecule has 0 bridgehead atoms. The van der Waals surface area contributed by atoms with Gasteiger partial charge in [-0.3, -0.25) is 29.9 Å². The second-order valence-electron chi connectivity index (χ2n) is 19.3. The average molecular weight is 1180 g/mol. The van der Waals surface area contributed by atoms with Crippen molar-refractivity contribution in [1.29, 1.82) is 0 Å². The molecule has 0 atom stereocenters. The van der Waals surface area contributed by atoms with Crippen LogP contribution in [0.2, 0.25) is 0 Å². The van der Waals surface area contributed by atoms with Gasteiger partial charge in [-0.1, -0.05) is 255 Å². The van der Waals surface area contributed by atoms with E-state index < -0.39 is 0 Å². The molecule has 6 heterocycles. The molecule has 0 radical (unpaired) electrons. The number of benzene rings is 6. The van der Waals surface area contributed by atoms with E-state index in [1.807, 2.05) is 183 Å². The van der Waals surface area contributed by atoms with E-state index in [0.29, 0.717) is 0 Å². The molecule has 0 unspecified atom stereocenters. The zero-order valence-electron chi connectivity index (χ0n) is 46.7. The van der Waals surface area contributed by atoms with Gasteiger partial charge in [0.15, 0.2) is 0 Å². The predicted molar refractivity (Wildman–Crippen MR) is 355 cm³/mol. The molecule has 0 aliphatic rings. The second-order valence-corrected chi connectivity index (χ2v) is 19.3. The van der Waals surface area contributed by atoms with Gasteiger partial charge in [-0.15, -0.1) is 0 Å². The Labute approximate surface area is 512 Å². The van der Waals surface area contributed by atoms with Gasteiger partial charge < -0.3 is 0 Å². The first-order valence-electron chi connectivity index (χ1n) is 27.8. The van der Waals surface area contributed by atoms with Gasteiger partial charge in [0, 0.05) is 56.7 Å². The third-order valence-electron chi connectivity index (χ3n) is 13.1. The Bertz CT molecular complexity index is 3460. The van der Waals surface area contributed by atoms with Gasteiger partial charge in [0.25, 0.3) is 0 Å². The normalized spacial score (nSPS) is 11.2. The number of rotatable bonds is 15. The van der Waals surface area contributed by atoms with Crippen LogP contribution in [-0.4, -0.2) is 29.9 Å². The zero-order chi connectivity index (χ0) is 57.1. The van der Waals surface area contributed by atoms with Crippen LogP contribution in [0.3, 0.4) is 0 Å². The summed E-state index contributed by atoms with van der Waals surface area (Å²) in [7, 11) is 0. The van der Waals surface area contributed by atoms with E-state index in [9.17, 15) is 0 Å². The summed E-state index contributed by atoms with van der Waals surface area (Å²) >= 11 is 0. The summed E-state index contributed by atoms with van der Waals surface area (Å²) in [6.45, 7) is 0. The molecule has 7 heteroatoms. The Hall–Kier alpha value is -10.7.